The number of hydrogen-bond acceptors (Lipinski definition) is 5. The zero-order valence-corrected chi connectivity index (χ0v) is 15.6. The fourth-order valence-electron chi connectivity index (χ4n) is 3.57. The highest BCUT2D eigenvalue weighted by Crippen LogP contribution is 2.37. The van der Waals surface area contributed by atoms with Crippen molar-refractivity contribution in [3.63, 3.8) is 0 Å². The molecule has 1 fully saturated rings. The Kier molecular flexibility index (Phi) is 4.51. The molecule has 0 N–H and O–H groups in total. The van der Waals surface area contributed by atoms with Crippen LogP contribution in [0.15, 0.2) is 41.9 Å². The van der Waals surface area contributed by atoms with Gasteiger partial charge in [0, 0.05) is 12.1 Å². The number of hydrogen-bond donors (Lipinski definition) is 0. The fraction of sp³-hybridized carbons (Fsp3) is 0.300. The molecule has 1 aliphatic rings. The van der Waals surface area contributed by atoms with Crippen LogP contribution >= 0.6 is 11.3 Å². The quantitative estimate of drug-likeness (QED) is 0.689. The number of thiazole rings is 1. The van der Waals surface area contributed by atoms with Crippen molar-refractivity contribution in [2.45, 2.75) is 18.9 Å². The number of carbonyl (C=O) groups excluding carboxylic acids is 1. The van der Waals surface area contributed by atoms with E-state index in [1.54, 1.807) is 31.1 Å². The molecule has 0 aliphatic carbocycles. The summed E-state index contributed by atoms with van der Waals surface area (Å²) in [6.45, 7) is 0.762. The molecular weight excluding hydrogens is 348 g/mol. The second-order valence-corrected chi connectivity index (χ2v) is 7.19. The summed E-state index contributed by atoms with van der Waals surface area (Å²) < 4.78 is 11.8. The van der Waals surface area contributed by atoms with E-state index in [-0.39, 0.29) is 11.9 Å². The first-order valence-corrected chi connectivity index (χ1v) is 9.45. The Morgan fingerprint density at radius 1 is 1.15 bits per heavy atom. The van der Waals surface area contributed by atoms with Gasteiger partial charge in [0.2, 0.25) is 0 Å². The van der Waals surface area contributed by atoms with Crippen LogP contribution in [0, 0.1) is 0 Å². The summed E-state index contributed by atoms with van der Waals surface area (Å²) in [5.74, 6) is 1.45. The molecule has 1 unspecified atom stereocenters. The van der Waals surface area contributed by atoms with Gasteiger partial charge in [-0.1, -0.05) is 6.07 Å². The monoisotopic (exact) mass is 368 g/mol. The molecular formula is C20H20N2O3S. The first kappa shape index (κ1) is 16.8. The number of fused-ring (bicyclic) bond motifs is 1. The largest absolute Gasteiger partial charge is 0.493 e. The number of carbonyl (C=O) groups is 1. The minimum absolute atomic E-state index is 0.0551. The van der Waals surface area contributed by atoms with E-state index in [1.807, 2.05) is 41.3 Å². The molecule has 1 aromatic heterocycles. The zero-order chi connectivity index (χ0) is 18.1. The van der Waals surface area contributed by atoms with E-state index in [4.69, 9.17) is 9.47 Å². The van der Waals surface area contributed by atoms with Crippen molar-refractivity contribution >= 4 is 27.5 Å². The van der Waals surface area contributed by atoms with E-state index in [9.17, 15) is 4.79 Å². The van der Waals surface area contributed by atoms with E-state index >= 15 is 0 Å². The van der Waals surface area contributed by atoms with Crippen molar-refractivity contribution in [2.75, 3.05) is 20.8 Å². The molecule has 1 atom stereocenters. The maximum atomic E-state index is 13.1. The molecule has 1 aliphatic heterocycles. The minimum atomic E-state index is 0.0551. The van der Waals surface area contributed by atoms with Crippen LogP contribution in [-0.4, -0.2) is 36.6 Å². The van der Waals surface area contributed by atoms with Gasteiger partial charge >= 0.3 is 0 Å². The van der Waals surface area contributed by atoms with E-state index in [0.717, 1.165) is 35.2 Å². The highest BCUT2D eigenvalue weighted by Gasteiger charge is 2.31. The average molecular weight is 368 g/mol. The van der Waals surface area contributed by atoms with E-state index in [0.29, 0.717) is 17.1 Å². The topological polar surface area (TPSA) is 51.7 Å². The van der Waals surface area contributed by atoms with E-state index < -0.39 is 0 Å². The molecule has 26 heavy (non-hydrogen) atoms. The van der Waals surface area contributed by atoms with Gasteiger partial charge in [0.1, 0.15) is 0 Å². The number of aromatic nitrogens is 1. The van der Waals surface area contributed by atoms with Gasteiger partial charge in [0.25, 0.3) is 5.91 Å². The standard InChI is InChI=1S/C20H20N2O3S/c1-24-17-8-6-13(10-18(17)25-2)16-4-3-9-22(16)20(23)14-5-7-15-19(11-14)26-12-21-15/h5-8,10-12,16H,3-4,9H2,1-2H3. The summed E-state index contributed by atoms with van der Waals surface area (Å²) in [7, 11) is 3.25. The van der Waals surface area contributed by atoms with Crippen LogP contribution in [0.3, 0.4) is 0 Å². The van der Waals surface area contributed by atoms with Gasteiger partial charge in [-0.25, -0.2) is 4.98 Å². The molecule has 1 saturated heterocycles. The Bertz CT molecular complexity index is 953. The number of amides is 1. The third-order valence-electron chi connectivity index (χ3n) is 4.88. The molecule has 1 amide bonds. The van der Waals surface area contributed by atoms with E-state index in [1.165, 1.54) is 0 Å². The molecule has 4 rings (SSSR count). The Morgan fingerprint density at radius 3 is 2.81 bits per heavy atom. The number of likely N-dealkylation sites (tertiary alicyclic amines) is 1. The van der Waals surface area contributed by atoms with Gasteiger partial charge in [-0.05, 0) is 48.7 Å². The zero-order valence-electron chi connectivity index (χ0n) is 14.8. The van der Waals surface area contributed by atoms with Crippen molar-refractivity contribution in [2.24, 2.45) is 0 Å². The Morgan fingerprint density at radius 2 is 2.00 bits per heavy atom. The lowest BCUT2D eigenvalue weighted by Crippen LogP contribution is -2.30. The summed E-state index contributed by atoms with van der Waals surface area (Å²) >= 11 is 1.56. The average Bonchev–Trinajstić information content (AvgIpc) is 3.35. The lowest BCUT2D eigenvalue weighted by molar-refractivity contribution is 0.0735. The summed E-state index contributed by atoms with van der Waals surface area (Å²) in [6, 6.07) is 11.7. The van der Waals surface area contributed by atoms with Crippen LogP contribution in [0.5, 0.6) is 11.5 Å². The molecule has 2 aromatic carbocycles. The molecule has 6 heteroatoms. The Hall–Kier alpha value is -2.60. The highest BCUT2D eigenvalue weighted by atomic mass is 32.1. The van der Waals surface area contributed by atoms with Crippen molar-refractivity contribution in [1.29, 1.82) is 0 Å². The number of ether oxygens (including phenoxy) is 2. The second kappa shape index (κ2) is 6.96. The minimum Gasteiger partial charge on any atom is -0.493 e. The molecule has 0 bridgehead atoms. The number of rotatable bonds is 4. The van der Waals surface area contributed by atoms with Gasteiger partial charge < -0.3 is 14.4 Å². The Balaban J connectivity index is 1.64. The van der Waals surface area contributed by atoms with Crippen LogP contribution in [-0.2, 0) is 0 Å². The summed E-state index contributed by atoms with van der Waals surface area (Å²) in [4.78, 5) is 19.4. The predicted molar refractivity (Wildman–Crippen MR) is 102 cm³/mol. The van der Waals surface area contributed by atoms with Crippen LogP contribution in [0.25, 0.3) is 10.2 Å². The number of benzene rings is 2. The van der Waals surface area contributed by atoms with Crippen molar-refractivity contribution in [3.8, 4) is 11.5 Å². The van der Waals surface area contributed by atoms with Crippen LogP contribution in [0.1, 0.15) is 34.8 Å². The normalized spacial score (nSPS) is 16.8. The lowest BCUT2D eigenvalue weighted by atomic mass is 10.0. The molecule has 0 radical (unpaired) electrons. The van der Waals surface area contributed by atoms with Gasteiger partial charge in [-0.15, -0.1) is 11.3 Å². The molecule has 0 saturated carbocycles. The molecule has 3 aromatic rings. The summed E-state index contributed by atoms with van der Waals surface area (Å²) in [6.07, 6.45) is 1.94. The van der Waals surface area contributed by atoms with E-state index in [2.05, 4.69) is 4.98 Å². The highest BCUT2D eigenvalue weighted by molar-refractivity contribution is 7.16. The van der Waals surface area contributed by atoms with Gasteiger partial charge in [0.05, 0.1) is 36.0 Å². The molecule has 2 heterocycles. The van der Waals surface area contributed by atoms with Gasteiger partial charge in [-0.3, -0.25) is 4.79 Å². The van der Waals surface area contributed by atoms with Crippen LogP contribution in [0.2, 0.25) is 0 Å². The number of methoxy groups -OCH3 is 2. The third-order valence-corrected chi connectivity index (χ3v) is 5.68. The van der Waals surface area contributed by atoms with Crippen molar-refractivity contribution < 1.29 is 14.3 Å². The SMILES string of the molecule is COc1ccc(C2CCCN2C(=O)c2ccc3ncsc3c2)cc1OC. The Labute approximate surface area is 156 Å². The lowest BCUT2D eigenvalue weighted by Gasteiger charge is -2.26. The van der Waals surface area contributed by atoms with Gasteiger partial charge in [0.15, 0.2) is 11.5 Å². The first-order valence-electron chi connectivity index (χ1n) is 8.57. The van der Waals surface area contributed by atoms with Crippen LogP contribution in [0.4, 0.5) is 0 Å². The summed E-state index contributed by atoms with van der Waals surface area (Å²) in [5, 5.41) is 0. The third kappa shape index (κ3) is 2.90. The molecule has 134 valence electrons. The maximum Gasteiger partial charge on any atom is 0.254 e. The molecule has 5 nitrogen and oxygen atoms in total. The van der Waals surface area contributed by atoms with Gasteiger partial charge in [-0.2, -0.15) is 0 Å². The van der Waals surface area contributed by atoms with Crippen molar-refractivity contribution in [3.05, 3.63) is 53.0 Å². The summed E-state index contributed by atoms with van der Waals surface area (Å²) in [5.41, 5.74) is 4.53. The fourth-order valence-corrected chi connectivity index (χ4v) is 4.29. The first-order chi connectivity index (χ1) is 12.7. The number of nitrogens with zero attached hydrogens (tertiary/aromatic N) is 2. The van der Waals surface area contributed by atoms with Crippen LogP contribution < -0.4 is 9.47 Å². The second-order valence-electron chi connectivity index (χ2n) is 6.31. The predicted octanol–water partition coefficient (Wildman–Crippen LogP) is 4.29. The smallest absolute Gasteiger partial charge is 0.254 e. The maximum absolute atomic E-state index is 13.1. The molecule has 0 spiro atoms. The van der Waals surface area contributed by atoms with Crippen molar-refractivity contribution in [1.82, 2.24) is 9.88 Å².